The molecule has 1 aromatic carbocycles. The predicted octanol–water partition coefficient (Wildman–Crippen LogP) is 1.47. The molecule has 1 saturated heterocycles. The molecule has 0 radical (unpaired) electrons. The van der Waals surface area contributed by atoms with Crippen molar-refractivity contribution in [2.45, 2.75) is 18.8 Å². The van der Waals surface area contributed by atoms with Crippen LogP contribution in [0.15, 0.2) is 24.3 Å². The lowest BCUT2D eigenvalue weighted by atomic mass is 9.90. The van der Waals surface area contributed by atoms with Gasteiger partial charge in [-0.15, -0.1) is 0 Å². The number of carbonyl (C=O) groups excluding carboxylic acids is 2. The molecule has 4 heteroatoms. The van der Waals surface area contributed by atoms with Crippen LogP contribution < -0.4 is 5.32 Å². The highest BCUT2D eigenvalue weighted by atomic mass is 16.5. The number of carbonyl (C=O) groups is 2. The van der Waals surface area contributed by atoms with Gasteiger partial charge in [-0.05, 0) is 30.5 Å². The number of rotatable bonds is 2. The van der Waals surface area contributed by atoms with Crippen LogP contribution in [0.1, 0.15) is 34.7 Å². The second-order valence-electron chi connectivity index (χ2n) is 4.10. The maximum absolute atomic E-state index is 11.7. The summed E-state index contributed by atoms with van der Waals surface area (Å²) in [7, 11) is 1.35. The Morgan fingerprint density at radius 2 is 2.06 bits per heavy atom. The largest absolute Gasteiger partial charge is 0.465 e. The molecular formula is C13H15NO3. The Morgan fingerprint density at radius 3 is 2.65 bits per heavy atom. The summed E-state index contributed by atoms with van der Waals surface area (Å²) in [4.78, 5) is 22.9. The van der Waals surface area contributed by atoms with Gasteiger partial charge in [-0.1, -0.05) is 12.1 Å². The van der Waals surface area contributed by atoms with Crippen LogP contribution >= 0.6 is 0 Å². The Bertz CT molecular complexity index is 425. The summed E-state index contributed by atoms with van der Waals surface area (Å²) < 4.78 is 4.62. The molecule has 90 valence electrons. The molecule has 2 rings (SSSR count). The van der Waals surface area contributed by atoms with Crippen LogP contribution in [0, 0.1) is 0 Å². The van der Waals surface area contributed by atoms with Gasteiger partial charge in [0.1, 0.15) is 0 Å². The molecule has 1 aliphatic rings. The lowest BCUT2D eigenvalue weighted by Gasteiger charge is -2.22. The Balaban J connectivity index is 2.17. The van der Waals surface area contributed by atoms with Crippen molar-refractivity contribution in [2.24, 2.45) is 0 Å². The van der Waals surface area contributed by atoms with Gasteiger partial charge in [0.2, 0.25) is 5.91 Å². The fourth-order valence-electron chi connectivity index (χ4n) is 2.06. The van der Waals surface area contributed by atoms with Crippen molar-refractivity contribution < 1.29 is 14.3 Å². The van der Waals surface area contributed by atoms with Crippen LogP contribution in [0.25, 0.3) is 0 Å². The van der Waals surface area contributed by atoms with Crippen molar-refractivity contribution in [1.82, 2.24) is 5.32 Å². The molecule has 0 saturated carbocycles. The first-order valence-corrected chi connectivity index (χ1v) is 5.68. The Morgan fingerprint density at radius 1 is 1.35 bits per heavy atom. The third kappa shape index (κ3) is 2.46. The van der Waals surface area contributed by atoms with E-state index in [9.17, 15) is 9.59 Å². The SMILES string of the molecule is COC(=O)c1ccc(C2CCCNC2=O)cc1. The minimum atomic E-state index is -0.357. The van der Waals surface area contributed by atoms with E-state index in [1.165, 1.54) is 7.11 Å². The van der Waals surface area contributed by atoms with Crippen molar-refractivity contribution >= 4 is 11.9 Å². The number of hydrogen-bond donors (Lipinski definition) is 1. The Hall–Kier alpha value is -1.84. The van der Waals surface area contributed by atoms with Gasteiger partial charge in [-0.3, -0.25) is 4.79 Å². The van der Waals surface area contributed by atoms with Crippen LogP contribution in [0.5, 0.6) is 0 Å². The predicted molar refractivity (Wildman–Crippen MR) is 62.8 cm³/mol. The lowest BCUT2D eigenvalue weighted by Crippen LogP contribution is -2.35. The summed E-state index contributed by atoms with van der Waals surface area (Å²) in [5.41, 5.74) is 1.46. The van der Waals surface area contributed by atoms with E-state index in [1.54, 1.807) is 12.1 Å². The van der Waals surface area contributed by atoms with Crippen LogP contribution in [-0.2, 0) is 9.53 Å². The van der Waals surface area contributed by atoms with E-state index in [1.807, 2.05) is 12.1 Å². The van der Waals surface area contributed by atoms with Gasteiger partial charge in [0, 0.05) is 6.54 Å². The summed E-state index contributed by atoms with van der Waals surface area (Å²) in [5, 5.41) is 2.85. The van der Waals surface area contributed by atoms with Crippen LogP contribution in [0.2, 0.25) is 0 Å². The second kappa shape index (κ2) is 4.99. The molecule has 17 heavy (non-hydrogen) atoms. The summed E-state index contributed by atoms with van der Waals surface area (Å²) in [6, 6.07) is 7.04. The minimum Gasteiger partial charge on any atom is -0.465 e. The molecule has 1 heterocycles. The molecule has 4 nitrogen and oxygen atoms in total. The smallest absolute Gasteiger partial charge is 0.337 e. The number of nitrogens with one attached hydrogen (secondary N) is 1. The number of piperidine rings is 1. The number of ether oxygens (including phenoxy) is 1. The van der Waals surface area contributed by atoms with E-state index in [2.05, 4.69) is 10.1 Å². The third-order valence-corrected chi connectivity index (χ3v) is 3.02. The highest BCUT2D eigenvalue weighted by molar-refractivity contribution is 5.90. The molecule has 0 spiro atoms. The third-order valence-electron chi connectivity index (χ3n) is 3.02. The first-order chi connectivity index (χ1) is 8.22. The molecule has 1 fully saturated rings. The second-order valence-corrected chi connectivity index (χ2v) is 4.10. The van der Waals surface area contributed by atoms with Crippen molar-refractivity contribution in [1.29, 1.82) is 0 Å². The molecule has 1 amide bonds. The van der Waals surface area contributed by atoms with E-state index >= 15 is 0 Å². The molecule has 1 aliphatic heterocycles. The van der Waals surface area contributed by atoms with Crippen LogP contribution in [0.3, 0.4) is 0 Å². The van der Waals surface area contributed by atoms with Gasteiger partial charge in [-0.25, -0.2) is 4.79 Å². The van der Waals surface area contributed by atoms with Crippen LogP contribution in [-0.4, -0.2) is 25.5 Å². The first-order valence-electron chi connectivity index (χ1n) is 5.68. The lowest BCUT2D eigenvalue weighted by molar-refractivity contribution is -0.123. The summed E-state index contributed by atoms with van der Waals surface area (Å²) in [5.74, 6) is -0.373. The topological polar surface area (TPSA) is 55.4 Å². The number of hydrogen-bond acceptors (Lipinski definition) is 3. The fourth-order valence-corrected chi connectivity index (χ4v) is 2.06. The number of amides is 1. The van der Waals surface area contributed by atoms with Gasteiger partial charge in [0.15, 0.2) is 0 Å². The van der Waals surface area contributed by atoms with E-state index in [0.29, 0.717) is 5.56 Å². The molecule has 1 N–H and O–H groups in total. The van der Waals surface area contributed by atoms with Gasteiger partial charge < -0.3 is 10.1 Å². The number of esters is 1. The molecule has 1 unspecified atom stereocenters. The van der Waals surface area contributed by atoms with Gasteiger partial charge in [-0.2, -0.15) is 0 Å². The normalized spacial score (nSPS) is 19.6. The monoisotopic (exact) mass is 233 g/mol. The average Bonchev–Trinajstić information content (AvgIpc) is 2.39. The zero-order valence-electron chi connectivity index (χ0n) is 9.73. The zero-order valence-corrected chi connectivity index (χ0v) is 9.73. The molecular weight excluding hydrogens is 218 g/mol. The number of methoxy groups -OCH3 is 1. The summed E-state index contributed by atoms with van der Waals surface area (Å²) in [6.07, 6.45) is 1.86. The van der Waals surface area contributed by atoms with E-state index in [4.69, 9.17) is 0 Å². The highest BCUT2D eigenvalue weighted by Crippen LogP contribution is 2.24. The fraction of sp³-hybridized carbons (Fsp3) is 0.385. The van der Waals surface area contributed by atoms with E-state index < -0.39 is 0 Å². The molecule has 0 aliphatic carbocycles. The summed E-state index contributed by atoms with van der Waals surface area (Å²) >= 11 is 0. The van der Waals surface area contributed by atoms with Crippen molar-refractivity contribution in [2.75, 3.05) is 13.7 Å². The Kier molecular flexibility index (Phi) is 3.42. The minimum absolute atomic E-state index is 0.0714. The standard InChI is InChI=1S/C13H15NO3/c1-17-13(16)10-6-4-9(5-7-10)11-3-2-8-14-12(11)15/h4-7,11H,2-3,8H2,1H3,(H,14,15). The molecule has 0 aromatic heterocycles. The molecule has 1 aromatic rings. The van der Waals surface area contributed by atoms with Crippen molar-refractivity contribution in [3.05, 3.63) is 35.4 Å². The van der Waals surface area contributed by atoms with Gasteiger partial charge in [0.05, 0.1) is 18.6 Å². The van der Waals surface area contributed by atoms with Gasteiger partial charge in [0.25, 0.3) is 0 Å². The molecule has 0 bridgehead atoms. The quantitative estimate of drug-likeness (QED) is 0.787. The highest BCUT2D eigenvalue weighted by Gasteiger charge is 2.23. The van der Waals surface area contributed by atoms with Gasteiger partial charge >= 0.3 is 5.97 Å². The first kappa shape index (κ1) is 11.6. The van der Waals surface area contributed by atoms with E-state index in [-0.39, 0.29) is 17.8 Å². The van der Waals surface area contributed by atoms with E-state index in [0.717, 1.165) is 24.9 Å². The number of benzene rings is 1. The van der Waals surface area contributed by atoms with Crippen molar-refractivity contribution in [3.63, 3.8) is 0 Å². The Labute approximate surface area is 100.0 Å². The summed E-state index contributed by atoms with van der Waals surface area (Å²) in [6.45, 7) is 0.760. The van der Waals surface area contributed by atoms with Crippen molar-refractivity contribution in [3.8, 4) is 0 Å². The average molecular weight is 233 g/mol. The van der Waals surface area contributed by atoms with Crippen LogP contribution in [0.4, 0.5) is 0 Å². The molecule has 1 atom stereocenters. The maximum atomic E-state index is 11.7. The maximum Gasteiger partial charge on any atom is 0.337 e. The zero-order chi connectivity index (χ0) is 12.3.